The van der Waals surface area contributed by atoms with E-state index in [2.05, 4.69) is 20.9 Å². The number of aryl methyl sites for hydroxylation is 1. The average molecular weight is 473 g/mol. The summed E-state index contributed by atoms with van der Waals surface area (Å²) in [6.45, 7) is 2.35. The van der Waals surface area contributed by atoms with Crippen LogP contribution < -0.4 is 4.90 Å². The number of anilines is 1. The van der Waals surface area contributed by atoms with Crippen molar-refractivity contribution in [3.63, 3.8) is 0 Å². The predicted octanol–water partition coefficient (Wildman–Crippen LogP) is 6.26. The van der Waals surface area contributed by atoms with Gasteiger partial charge in [0.05, 0.1) is 16.8 Å². The first-order valence-electron chi connectivity index (χ1n) is 8.54. The first-order valence-corrected chi connectivity index (χ1v) is 10.5. The zero-order chi connectivity index (χ0) is 19.7. The van der Waals surface area contributed by atoms with E-state index in [1.54, 1.807) is 23.4 Å². The van der Waals surface area contributed by atoms with Gasteiger partial charge in [-0.1, -0.05) is 51.0 Å². The molecular weight excluding hydrogens is 458 g/mol. The Morgan fingerprint density at radius 1 is 1.21 bits per heavy atom. The summed E-state index contributed by atoms with van der Waals surface area (Å²) in [6, 6.07) is 14.9. The van der Waals surface area contributed by atoms with Crippen molar-refractivity contribution in [1.82, 2.24) is 9.97 Å². The third-order valence-electron chi connectivity index (χ3n) is 4.25. The highest BCUT2D eigenvalue weighted by atomic mass is 79.9. The molecular formula is C21H15BrClN3OS. The van der Waals surface area contributed by atoms with E-state index in [9.17, 15) is 4.79 Å². The molecule has 0 spiro atoms. The highest BCUT2D eigenvalue weighted by molar-refractivity contribution is 9.10. The lowest BCUT2D eigenvalue weighted by molar-refractivity contribution is 0.0985. The van der Waals surface area contributed by atoms with Gasteiger partial charge in [-0.25, -0.2) is 4.98 Å². The van der Waals surface area contributed by atoms with Crippen LogP contribution in [-0.4, -0.2) is 15.9 Å². The van der Waals surface area contributed by atoms with Gasteiger partial charge in [-0.05, 0) is 54.4 Å². The van der Waals surface area contributed by atoms with Gasteiger partial charge < -0.3 is 0 Å². The molecule has 0 aliphatic rings. The first-order chi connectivity index (χ1) is 13.5. The molecule has 0 unspecified atom stereocenters. The van der Waals surface area contributed by atoms with E-state index in [1.807, 2.05) is 49.4 Å². The fourth-order valence-corrected chi connectivity index (χ4v) is 4.75. The molecule has 1 amide bonds. The van der Waals surface area contributed by atoms with Gasteiger partial charge in [0.1, 0.15) is 0 Å². The van der Waals surface area contributed by atoms with Crippen LogP contribution in [0.4, 0.5) is 5.13 Å². The number of rotatable bonds is 4. The van der Waals surface area contributed by atoms with Crippen LogP contribution in [0, 0.1) is 6.92 Å². The van der Waals surface area contributed by atoms with Crippen molar-refractivity contribution in [2.75, 3.05) is 4.90 Å². The molecule has 2 heterocycles. The number of amides is 1. The zero-order valence-electron chi connectivity index (χ0n) is 14.9. The van der Waals surface area contributed by atoms with Crippen LogP contribution in [-0.2, 0) is 6.54 Å². The number of fused-ring (bicyclic) bond motifs is 1. The van der Waals surface area contributed by atoms with Gasteiger partial charge in [-0.3, -0.25) is 14.7 Å². The Kier molecular flexibility index (Phi) is 5.44. The molecule has 0 fully saturated rings. The van der Waals surface area contributed by atoms with Crippen molar-refractivity contribution < 1.29 is 4.79 Å². The third kappa shape index (κ3) is 3.94. The summed E-state index contributed by atoms with van der Waals surface area (Å²) in [5.41, 5.74) is 3.37. The lowest BCUT2D eigenvalue weighted by atomic mass is 10.2. The van der Waals surface area contributed by atoms with Crippen molar-refractivity contribution >= 4 is 60.1 Å². The molecule has 0 bridgehead atoms. The molecule has 0 aliphatic heterocycles. The lowest BCUT2D eigenvalue weighted by Gasteiger charge is -2.20. The number of nitrogens with zero attached hydrogens (tertiary/aromatic N) is 3. The maximum Gasteiger partial charge on any atom is 0.260 e. The number of carbonyl (C=O) groups is 1. The second-order valence-electron chi connectivity index (χ2n) is 6.33. The van der Waals surface area contributed by atoms with Gasteiger partial charge in [0.25, 0.3) is 5.91 Å². The number of benzene rings is 2. The number of hydrogen-bond donors (Lipinski definition) is 0. The summed E-state index contributed by atoms with van der Waals surface area (Å²) < 4.78 is 1.81. The minimum Gasteiger partial charge on any atom is -0.279 e. The van der Waals surface area contributed by atoms with Crippen LogP contribution in [0.2, 0.25) is 5.02 Å². The summed E-state index contributed by atoms with van der Waals surface area (Å²) >= 11 is 11.1. The fourth-order valence-electron chi connectivity index (χ4n) is 2.94. The van der Waals surface area contributed by atoms with Crippen molar-refractivity contribution in [3.05, 3.63) is 87.1 Å². The molecule has 2 aromatic carbocycles. The first kappa shape index (κ1) is 19.1. The number of thiazole rings is 1. The van der Waals surface area contributed by atoms with Crippen LogP contribution in [0.5, 0.6) is 0 Å². The van der Waals surface area contributed by atoms with E-state index in [0.717, 1.165) is 25.8 Å². The molecule has 0 N–H and O–H groups in total. The van der Waals surface area contributed by atoms with E-state index >= 15 is 0 Å². The van der Waals surface area contributed by atoms with Gasteiger partial charge in [-0.15, -0.1) is 0 Å². The smallest absolute Gasteiger partial charge is 0.260 e. The quantitative estimate of drug-likeness (QED) is 0.352. The van der Waals surface area contributed by atoms with Crippen LogP contribution in [0.1, 0.15) is 21.5 Å². The molecule has 2 aromatic heterocycles. The van der Waals surface area contributed by atoms with E-state index in [1.165, 1.54) is 11.3 Å². The number of halogens is 2. The van der Waals surface area contributed by atoms with Gasteiger partial charge >= 0.3 is 0 Å². The molecule has 0 saturated carbocycles. The SMILES string of the molecule is Cc1cc(Cl)cc2sc(N(Cc3cccnc3)C(=O)c3cccc(Br)c3)nc12. The highest BCUT2D eigenvalue weighted by Crippen LogP contribution is 2.34. The molecule has 0 radical (unpaired) electrons. The second-order valence-corrected chi connectivity index (χ2v) is 8.69. The van der Waals surface area contributed by atoms with E-state index in [0.29, 0.717) is 22.3 Å². The van der Waals surface area contributed by atoms with Crippen LogP contribution in [0.3, 0.4) is 0 Å². The molecule has 4 rings (SSSR count). The Hall–Kier alpha value is -2.28. The summed E-state index contributed by atoms with van der Waals surface area (Å²) in [7, 11) is 0. The number of pyridine rings is 1. The number of carbonyl (C=O) groups excluding carboxylic acids is 1. The summed E-state index contributed by atoms with van der Waals surface area (Å²) in [6.07, 6.45) is 3.48. The third-order valence-corrected chi connectivity index (χ3v) is 5.99. The summed E-state index contributed by atoms with van der Waals surface area (Å²) in [5, 5.41) is 1.30. The maximum atomic E-state index is 13.4. The molecule has 0 atom stereocenters. The van der Waals surface area contributed by atoms with Crippen molar-refractivity contribution in [1.29, 1.82) is 0 Å². The van der Waals surface area contributed by atoms with E-state index < -0.39 is 0 Å². The summed E-state index contributed by atoms with van der Waals surface area (Å²) in [4.78, 5) is 24.0. The second kappa shape index (κ2) is 7.99. The normalized spacial score (nSPS) is 11.0. The number of aromatic nitrogens is 2. The van der Waals surface area contributed by atoms with E-state index in [-0.39, 0.29) is 5.91 Å². The topological polar surface area (TPSA) is 46.1 Å². The predicted molar refractivity (Wildman–Crippen MR) is 118 cm³/mol. The van der Waals surface area contributed by atoms with Crippen molar-refractivity contribution in [2.45, 2.75) is 13.5 Å². The minimum absolute atomic E-state index is 0.118. The molecule has 28 heavy (non-hydrogen) atoms. The van der Waals surface area contributed by atoms with Gasteiger partial charge in [0, 0.05) is 27.5 Å². The average Bonchev–Trinajstić information content (AvgIpc) is 3.10. The standard InChI is InChI=1S/C21H15BrClN3OS/c1-13-8-17(23)10-18-19(13)25-21(28-18)26(12-14-4-3-7-24-11-14)20(27)15-5-2-6-16(22)9-15/h2-11H,12H2,1H3. The van der Waals surface area contributed by atoms with Crippen LogP contribution in [0.15, 0.2) is 65.4 Å². The van der Waals surface area contributed by atoms with Gasteiger partial charge in [0.15, 0.2) is 5.13 Å². The Bertz CT molecular complexity index is 1160. The van der Waals surface area contributed by atoms with Crippen molar-refractivity contribution in [2.24, 2.45) is 0 Å². The monoisotopic (exact) mass is 471 g/mol. The summed E-state index contributed by atoms with van der Waals surface area (Å²) in [5.74, 6) is -0.118. The van der Waals surface area contributed by atoms with Crippen LogP contribution in [0.25, 0.3) is 10.2 Å². The minimum atomic E-state index is -0.118. The van der Waals surface area contributed by atoms with Crippen molar-refractivity contribution in [3.8, 4) is 0 Å². The molecule has 0 saturated heterocycles. The highest BCUT2D eigenvalue weighted by Gasteiger charge is 2.22. The molecule has 0 aliphatic carbocycles. The Balaban J connectivity index is 1.80. The van der Waals surface area contributed by atoms with E-state index in [4.69, 9.17) is 16.6 Å². The molecule has 4 nitrogen and oxygen atoms in total. The zero-order valence-corrected chi connectivity index (χ0v) is 18.1. The molecule has 140 valence electrons. The fraction of sp³-hybridized carbons (Fsp3) is 0.0952. The number of hydrogen-bond acceptors (Lipinski definition) is 4. The van der Waals surface area contributed by atoms with Crippen LogP contribution >= 0.6 is 38.9 Å². The lowest BCUT2D eigenvalue weighted by Crippen LogP contribution is -2.30. The maximum absolute atomic E-state index is 13.4. The van der Waals surface area contributed by atoms with Gasteiger partial charge in [0.2, 0.25) is 0 Å². The van der Waals surface area contributed by atoms with Gasteiger partial charge in [-0.2, -0.15) is 0 Å². The Morgan fingerprint density at radius 3 is 2.82 bits per heavy atom. The largest absolute Gasteiger partial charge is 0.279 e. The molecule has 7 heteroatoms. The molecule has 4 aromatic rings. The Labute approximate surface area is 179 Å². The Morgan fingerprint density at radius 2 is 2.07 bits per heavy atom.